The molecule has 1 N–H and O–H groups in total. The van der Waals surface area contributed by atoms with Crippen LogP contribution >= 0.6 is 0 Å². The van der Waals surface area contributed by atoms with Crippen LogP contribution in [-0.2, 0) is 0 Å². The predicted octanol–water partition coefficient (Wildman–Crippen LogP) is 2.64. The fraction of sp³-hybridized carbons (Fsp3) is 1.00. The molecule has 0 radical (unpaired) electrons. The summed E-state index contributed by atoms with van der Waals surface area (Å²) in [5.41, 5.74) is 0. The van der Waals surface area contributed by atoms with Gasteiger partial charge in [-0.05, 0) is 51.9 Å². The first-order chi connectivity index (χ1) is 7.70. The lowest BCUT2D eigenvalue weighted by molar-refractivity contribution is 0.138. The van der Waals surface area contributed by atoms with Crippen molar-refractivity contribution in [1.82, 2.24) is 10.2 Å². The Kier molecular flexibility index (Phi) is 4.26. The molecule has 0 heterocycles. The Balaban J connectivity index is 1.79. The van der Waals surface area contributed by atoms with Crippen molar-refractivity contribution in [3.8, 4) is 0 Å². The first-order valence-electron chi connectivity index (χ1n) is 7.19. The first-order valence-corrected chi connectivity index (χ1v) is 7.19. The van der Waals surface area contributed by atoms with Gasteiger partial charge >= 0.3 is 0 Å². The van der Waals surface area contributed by atoms with Gasteiger partial charge in [0.1, 0.15) is 0 Å². The number of nitrogens with zero attached hydrogens (tertiary/aromatic N) is 1. The second-order valence-corrected chi connectivity index (χ2v) is 5.98. The summed E-state index contributed by atoms with van der Waals surface area (Å²) in [7, 11) is 0. The number of nitrogens with one attached hydrogen (secondary N) is 1. The molecule has 0 bridgehead atoms. The lowest BCUT2D eigenvalue weighted by atomic mass is 10.1. The van der Waals surface area contributed by atoms with Gasteiger partial charge in [-0.1, -0.05) is 6.92 Å². The molecule has 0 amide bonds. The van der Waals surface area contributed by atoms with E-state index in [1.807, 2.05) is 0 Å². The fourth-order valence-corrected chi connectivity index (χ4v) is 2.47. The van der Waals surface area contributed by atoms with Gasteiger partial charge in [-0.2, -0.15) is 0 Å². The second kappa shape index (κ2) is 5.50. The minimum Gasteiger partial charge on any atom is -0.312 e. The van der Waals surface area contributed by atoms with E-state index in [0.717, 1.165) is 18.0 Å². The van der Waals surface area contributed by atoms with Crippen LogP contribution in [0.2, 0.25) is 0 Å². The van der Waals surface area contributed by atoms with Gasteiger partial charge in [0.05, 0.1) is 0 Å². The summed E-state index contributed by atoms with van der Waals surface area (Å²) in [4.78, 5) is 2.73. The quantitative estimate of drug-likeness (QED) is 0.682. The first kappa shape index (κ1) is 12.4. The average Bonchev–Trinajstić information content (AvgIpc) is 3.12. The minimum atomic E-state index is 0.701. The van der Waals surface area contributed by atoms with E-state index < -0.39 is 0 Å². The molecule has 1 atom stereocenters. The Bertz CT molecular complexity index is 207. The van der Waals surface area contributed by atoms with Gasteiger partial charge in [0.2, 0.25) is 0 Å². The van der Waals surface area contributed by atoms with E-state index in [1.54, 1.807) is 0 Å². The summed E-state index contributed by atoms with van der Waals surface area (Å²) in [6.07, 6.45) is 7.03. The molecule has 2 fully saturated rings. The molecule has 0 aromatic rings. The second-order valence-electron chi connectivity index (χ2n) is 5.98. The van der Waals surface area contributed by atoms with E-state index in [9.17, 15) is 0 Å². The molecule has 94 valence electrons. The topological polar surface area (TPSA) is 15.3 Å². The Morgan fingerprint density at radius 3 is 2.31 bits per heavy atom. The standard InChI is InChI=1S/C14H28N2/c1-4-14(9-15-13-7-8-13)16(11(2)3)10-12-5-6-12/h11-15H,4-10H2,1-3H3. The van der Waals surface area contributed by atoms with Gasteiger partial charge < -0.3 is 5.32 Å². The van der Waals surface area contributed by atoms with Crippen LogP contribution in [0.25, 0.3) is 0 Å². The van der Waals surface area contributed by atoms with Crippen LogP contribution in [-0.4, -0.2) is 36.1 Å². The molecule has 2 nitrogen and oxygen atoms in total. The summed E-state index contributed by atoms with van der Waals surface area (Å²) in [5, 5.41) is 3.69. The third kappa shape index (κ3) is 3.74. The summed E-state index contributed by atoms with van der Waals surface area (Å²) in [5.74, 6) is 1.01. The monoisotopic (exact) mass is 224 g/mol. The highest BCUT2D eigenvalue weighted by atomic mass is 15.2. The highest BCUT2D eigenvalue weighted by Gasteiger charge is 2.30. The summed E-state index contributed by atoms with van der Waals surface area (Å²) < 4.78 is 0. The van der Waals surface area contributed by atoms with Gasteiger partial charge in [0, 0.05) is 31.2 Å². The van der Waals surface area contributed by atoms with Crippen LogP contribution < -0.4 is 5.32 Å². The van der Waals surface area contributed by atoms with Crippen molar-refractivity contribution >= 4 is 0 Å². The highest BCUT2D eigenvalue weighted by molar-refractivity contribution is 4.87. The molecule has 1 unspecified atom stereocenters. The molecule has 2 saturated carbocycles. The molecule has 2 aliphatic carbocycles. The Morgan fingerprint density at radius 1 is 1.19 bits per heavy atom. The smallest absolute Gasteiger partial charge is 0.0220 e. The van der Waals surface area contributed by atoms with Gasteiger partial charge in [-0.3, -0.25) is 4.90 Å². The molecule has 2 rings (SSSR count). The molecule has 0 saturated heterocycles. The normalized spacial score (nSPS) is 23.1. The van der Waals surface area contributed by atoms with Crippen LogP contribution in [0, 0.1) is 5.92 Å². The zero-order valence-electron chi connectivity index (χ0n) is 11.2. The van der Waals surface area contributed by atoms with E-state index in [4.69, 9.17) is 0 Å². The number of hydrogen-bond donors (Lipinski definition) is 1. The maximum atomic E-state index is 3.69. The molecular formula is C14H28N2. The van der Waals surface area contributed by atoms with Crippen LogP contribution in [0.1, 0.15) is 52.9 Å². The maximum absolute atomic E-state index is 3.69. The Hall–Kier alpha value is -0.0800. The average molecular weight is 224 g/mol. The number of rotatable bonds is 8. The molecule has 0 aromatic carbocycles. The third-order valence-corrected chi connectivity index (χ3v) is 3.99. The minimum absolute atomic E-state index is 0.701. The number of hydrogen-bond acceptors (Lipinski definition) is 2. The van der Waals surface area contributed by atoms with Crippen LogP contribution in [0.4, 0.5) is 0 Å². The Labute approximate surface area is 101 Å². The molecule has 2 aliphatic rings. The van der Waals surface area contributed by atoms with Gasteiger partial charge in [0.15, 0.2) is 0 Å². The van der Waals surface area contributed by atoms with E-state index in [2.05, 4.69) is 31.0 Å². The van der Waals surface area contributed by atoms with Crippen LogP contribution in [0.3, 0.4) is 0 Å². The maximum Gasteiger partial charge on any atom is 0.0220 e. The van der Waals surface area contributed by atoms with E-state index in [1.165, 1.54) is 45.2 Å². The molecule has 0 spiro atoms. The highest BCUT2D eigenvalue weighted by Crippen LogP contribution is 2.31. The van der Waals surface area contributed by atoms with Gasteiger partial charge in [-0.25, -0.2) is 0 Å². The van der Waals surface area contributed by atoms with Crippen molar-refractivity contribution in [1.29, 1.82) is 0 Å². The lowest BCUT2D eigenvalue weighted by Crippen LogP contribution is -2.47. The van der Waals surface area contributed by atoms with Gasteiger partial charge in [-0.15, -0.1) is 0 Å². The SMILES string of the molecule is CCC(CNC1CC1)N(CC1CC1)C(C)C. The molecule has 0 aromatic heterocycles. The van der Waals surface area contributed by atoms with Crippen molar-refractivity contribution < 1.29 is 0 Å². The molecule has 0 aliphatic heterocycles. The van der Waals surface area contributed by atoms with Crippen molar-refractivity contribution in [2.75, 3.05) is 13.1 Å². The van der Waals surface area contributed by atoms with E-state index in [-0.39, 0.29) is 0 Å². The zero-order chi connectivity index (χ0) is 11.5. The molecule has 16 heavy (non-hydrogen) atoms. The summed E-state index contributed by atoms with van der Waals surface area (Å²) in [6, 6.07) is 2.30. The van der Waals surface area contributed by atoms with E-state index in [0.29, 0.717) is 6.04 Å². The van der Waals surface area contributed by atoms with Crippen molar-refractivity contribution in [3.63, 3.8) is 0 Å². The third-order valence-electron chi connectivity index (χ3n) is 3.99. The van der Waals surface area contributed by atoms with Crippen molar-refractivity contribution in [3.05, 3.63) is 0 Å². The van der Waals surface area contributed by atoms with Crippen LogP contribution in [0.5, 0.6) is 0 Å². The largest absolute Gasteiger partial charge is 0.312 e. The summed E-state index contributed by atoms with van der Waals surface area (Å²) >= 11 is 0. The van der Waals surface area contributed by atoms with E-state index >= 15 is 0 Å². The van der Waals surface area contributed by atoms with Crippen molar-refractivity contribution in [2.24, 2.45) is 5.92 Å². The van der Waals surface area contributed by atoms with Crippen molar-refractivity contribution in [2.45, 2.75) is 71.0 Å². The lowest BCUT2D eigenvalue weighted by Gasteiger charge is -2.35. The Morgan fingerprint density at radius 2 is 1.88 bits per heavy atom. The zero-order valence-corrected chi connectivity index (χ0v) is 11.2. The molecular weight excluding hydrogens is 196 g/mol. The predicted molar refractivity (Wildman–Crippen MR) is 69.7 cm³/mol. The fourth-order valence-electron chi connectivity index (χ4n) is 2.47. The van der Waals surface area contributed by atoms with Gasteiger partial charge in [0.25, 0.3) is 0 Å². The van der Waals surface area contributed by atoms with Crippen LogP contribution in [0.15, 0.2) is 0 Å². The summed E-state index contributed by atoms with van der Waals surface area (Å²) in [6.45, 7) is 9.57. The molecule has 2 heteroatoms.